The summed E-state index contributed by atoms with van der Waals surface area (Å²) in [5, 5.41) is 13.1. The summed E-state index contributed by atoms with van der Waals surface area (Å²) in [6, 6.07) is 0. The van der Waals surface area contributed by atoms with Crippen molar-refractivity contribution in [2.45, 2.75) is 71.6 Å². The van der Waals surface area contributed by atoms with Gasteiger partial charge in [0.1, 0.15) is 18.1 Å². The van der Waals surface area contributed by atoms with Crippen LogP contribution in [0.2, 0.25) is 0 Å². The molecule has 230 valence electrons. The van der Waals surface area contributed by atoms with Crippen LogP contribution in [0.5, 0.6) is 0 Å². The second kappa shape index (κ2) is 14.5. The van der Waals surface area contributed by atoms with Crippen molar-refractivity contribution in [1.82, 2.24) is 15.2 Å². The predicted octanol–water partition coefficient (Wildman–Crippen LogP) is 4.00. The Kier molecular flexibility index (Phi) is 11.3. The molecule has 2 N–H and O–H groups in total. The van der Waals surface area contributed by atoms with Gasteiger partial charge in [0.2, 0.25) is 5.91 Å². The molecule has 0 spiro atoms. The monoisotopic (exact) mass is 595 g/mol. The Morgan fingerprint density at radius 2 is 1.95 bits per heavy atom. The summed E-state index contributed by atoms with van der Waals surface area (Å²) in [6.45, 7) is 7.51. The molecule has 0 aliphatic carbocycles. The van der Waals surface area contributed by atoms with Crippen LogP contribution in [0.15, 0.2) is 58.4 Å². The summed E-state index contributed by atoms with van der Waals surface area (Å²) in [5.41, 5.74) is 0.349. The number of cyclic esters (lactones) is 1. The van der Waals surface area contributed by atoms with Crippen LogP contribution in [0.3, 0.4) is 0 Å². The summed E-state index contributed by atoms with van der Waals surface area (Å²) < 4.78 is 54.6. The van der Waals surface area contributed by atoms with E-state index in [-0.39, 0.29) is 48.1 Å². The fourth-order valence-electron chi connectivity index (χ4n) is 4.71. The standard InChI is InChI=1S/C29H36F3N3O7/c1-17(2)26-19(4)9-10-24(37)33-11-5-7-18(3)13-20(36)14-21(42-29(30,31)32)15-25-34-22(16-40-25)27(38)35-12-6-8-23(35)28(39)41-26/h5,7-10,13,16-17,19-21,26,36H,6,11-12,14-15H2,1-4H3,(H,33,37)/b7-5+,10-9+,18-13+/t19-,20-,21+,26-/m1/s1. The van der Waals surface area contributed by atoms with Gasteiger partial charge in [-0.05, 0) is 25.3 Å². The van der Waals surface area contributed by atoms with E-state index in [9.17, 15) is 32.7 Å². The van der Waals surface area contributed by atoms with Gasteiger partial charge in [0.25, 0.3) is 5.91 Å². The van der Waals surface area contributed by atoms with Crippen molar-refractivity contribution in [3.8, 4) is 0 Å². The van der Waals surface area contributed by atoms with Crippen molar-refractivity contribution < 1.29 is 46.6 Å². The Balaban J connectivity index is 1.92. The number of rotatable bonds is 2. The van der Waals surface area contributed by atoms with Gasteiger partial charge in [-0.25, -0.2) is 9.78 Å². The number of esters is 1. The number of fused-ring (bicyclic) bond motifs is 3. The molecule has 42 heavy (non-hydrogen) atoms. The summed E-state index contributed by atoms with van der Waals surface area (Å²) in [7, 11) is 0. The van der Waals surface area contributed by atoms with E-state index in [0.29, 0.717) is 12.0 Å². The maximum absolute atomic E-state index is 13.2. The number of oxazole rings is 1. The highest BCUT2D eigenvalue weighted by Crippen LogP contribution is 2.26. The lowest BCUT2D eigenvalue weighted by atomic mass is 9.94. The zero-order valence-electron chi connectivity index (χ0n) is 23.9. The van der Waals surface area contributed by atoms with Crippen molar-refractivity contribution >= 4 is 17.8 Å². The predicted molar refractivity (Wildman–Crippen MR) is 144 cm³/mol. The van der Waals surface area contributed by atoms with Crippen LogP contribution in [0.25, 0.3) is 0 Å². The molecule has 13 heteroatoms. The maximum atomic E-state index is 13.2. The number of ether oxygens (including phenoxy) is 2. The van der Waals surface area contributed by atoms with Gasteiger partial charge in [-0.15, -0.1) is 13.2 Å². The fourth-order valence-corrected chi connectivity index (χ4v) is 4.71. The van der Waals surface area contributed by atoms with Gasteiger partial charge in [-0.1, -0.05) is 56.7 Å². The number of allylic oxidation sites excluding steroid dienone is 2. The van der Waals surface area contributed by atoms with Crippen LogP contribution < -0.4 is 5.32 Å². The van der Waals surface area contributed by atoms with Crippen LogP contribution >= 0.6 is 0 Å². The highest BCUT2D eigenvalue weighted by molar-refractivity contribution is 6.00. The van der Waals surface area contributed by atoms with Gasteiger partial charge < -0.3 is 24.5 Å². The summed E-state index contributed by atoms with van der Waals surface area (Å²) >= 11 is 0. The van der Waals surface area contributed by atoms with Crippen LogP contribution in [0.1, 0.15) is 56.9 Å². The smallest absolute Gasteiger partial charge is 0.457 e. The van der Waals surface area contributed by atoms with Crippen LogP contribution in [0.4, 0.5) is 13.2 Å². The van der Waals surface area contributed by atoms with Gasteiger partial charge in [0.05, 0.1) is 18.6 Å². The summed E-state index contributed by atoms with van der Waals surface area (Å²) in [5.74, 6) is -2.45. The zero-order valence-corrected chi connectivity index (χ0v) is 23.9. The van der Waals surface area contributed by atoms with Crippen LogP contribution in [-0.2, 0) is 25.5 Å². The molecule has 2 aliphatic heterocycles. The first kappa shape index (κ1) is 32.8. The van der Waals surface area contributed by atoms with Crippen molar-refractivity contribution in [1.29, 1.82) is 0 Å². The Hall–Kier alpha value is -3.71. The third kappa shape index (κ3) is 9.69. The fraction of sp³-hybridized carbons (Fsp3) is 0.517. The minimum Gasteiger partial charge on any atom is -0.457 e. The molecule has 2 bridgehead atoms. The topological polar surface area (TPSA) is 131 Å². The molecule has 0 fully saturated rings. The van der Waals surface area contributed by atoms with E-state index in [4.69, 9.17) is 9.15 Å². The van der Waals surface area contributed by atoms with Crippen LogP contribution in [-0.4, -0.2) is 70.5 Å². The van der Waals surface area contributed by atoms with Crippen molar-refractivity contribution in [3.63, 3.8) is 0 Å². The second-order valence-corrected chi connectivity index (χ2v) is 10.5. The molecule has 0 unspecified atom stereocenters. The Bertz CT molecular complexity index is 1250. The molecule has 0 saturated heterocycles. The number of nitrogens with zero attached hydrogens (tertiary/aromatic N) is 2. The number of aromatic nitrogens is 1. The number of nitrogens with one attached hydrogen (secondary N) is 1. The molecule has 3 rings (SSSR count). The summed E-state index contributed by atoms with van der Waals surface area (Å²) in [6.07, 6.45) is 1.09. The number of amides is 2. The van der Waals surface area contributed by atoms with Crippen LogP contribution in [0, 0.1) is 11.8 Å². The Morgan fingerprint density at radius 1 is 1.21 bits per heavy atom. The van der Waals surface area contributed by atoms with E-state index in [1.54, 1.807) is 38.2 Å². The molecule has 1 aromatic heterocycles. The first-order valence-electron chi connectivity index (χ1n) is 13.6. The Labute approximate surface area is 241 Å². The number of hydrogen-bond donors (Lipinski definition) is 2. The molecule has 10 nitrogen and oxygen atoms in total. The molecule has 0 saturated carbocycles. The lowest BCUT2D eigenvalue weighted by Crippen LogP contribution is -2.36. The lowest BCUT2D eigenvalue weighted by Gasteiger charge is -2.27. The summed E-state index contributed by atoms with van der Waals surface area (Å²) in [4.78, 5) is 43.9. The number of aliphatic hydroxyl groups excluding tert-OH is 1. The molecule has 3 heterocycles. The number of carbonyl (C=O) groups is 3. The number of hydrogen-bond acceptors (Lipinski definition) is 8. The van der Waals surface area contributed by atoms with Crippen molar-refractivity contribution in [3.05, 3.63) is 65.6 Å². The van der Waals surface area contributed by atoms with Gasteiger partial charge in [0, 0.05) is 25.4 Å². The number of aliphatic hydroxyl groups is 1. The van der Waals surface area contributed by atoms with E-state index in [2.05, 4.69) is 15.0 Å². The average molecular weight is 596 g/mol. The largest absolute Gasteiger partial charge is 0.522 e. The molecule has 2 aliphatic rings. The van der Waals surface area contributed by atoms with E-state index in [1.165, 1.54) is 17.1 Å². The third-order valence-electron chi connectivity index (χ3n) is 6.61. The van der Waals surface area contributed by atoms with Crippen molar-refractivity contribution in [2.75, 3.05) is 13.1 Å². The number of carbonyl (C=O) groups excluding carboxylic acids is 3. The first-order chi connectivity index (χ1) is 19.7. The number of halogens is 3. The van der Waals surface area contributed by atoms with E-state index < -0.39 is 49.4 Å². The quantitative estimate of drug-likeness (QED) is 0.491. The molecule has 4 atom stereocenters. The molecule has 1 aromatic rings. The third-order valence-corrected chi connectivity index (χ3v) is 6.61. The maximum Gasteiger partial charge on any atom is 0.522 e. The normalized spacial score (nSPS) is 28.3. The van der Waals surface area contributed by atoms with Gasteiger partial charge in [0.15, 0.2) is 11.6 Å². The lowest BCUT2D eigenvalue weighted by molar-refractivity contribution is -0.344. The minimum absolute atomic E-state index is 0.0119. The highest BCUT2D eigenvalue weighted by Gasteiger charge is 2.36. The van der Waals surface area contributed by atoms with E-state index in [0.717, 1.165) is 6.26 Å². The Morgan fingerprint density at radius 3 is 2.64 bits per heavy atom. The molecule has 0 aromatic carbocycles. The molecule has 0 radical (unpaired) electrons. The first-order valence-corrected chi connectivity index (χ1v) is 13.6. The molecular weight excluding hydrogens is 559 g/mol. The highest BCUT2D eigenvalue weighted by atomic mass is 19.4. The average Bonchev–Trinajstić information content (AvgIpc) is 3.56. The van der Waals surface area contributed by atoms with Gasteiger partial charge in [-0.2, -0.15) is 0 Å². The number of alkyl halides is 3. The van der Waals surface area contributed by atoms with Gasteiger partial charge >= 0.3 is 12.3 Å². The molecule has 2 amide bonds. The SMILES string of the molecule is CC1=C\[C@@H](O)C[C@H](OC(F)(F)F)Cc2nc(co2)C(=O)N2CCC=C2C(=O)O[C@H](C(C)C)[C@H](C)/C=C/C(=O)NC\C=C\1. The van der Waals surface area contributed by atoms with E-state index >= 15 is 0 Å². The van der Waals surface area contributed by atoms with E-state index in [1.807, 2.05) is 13.8 Å². The molecular formula is C29H36F3N3O7. The minimum atomic E-state index is -4.99. The zero-order chi connectivity index (χ0) is 31.0. The second-order valence-electron chi connectivity index (χ2n) is 10.5. The van der Waals surface area contributed by atoms with Crippen molar-refractivity contribution in [2.24, 2.45) is 11.8 Å². The van der Waals surface area contributed by atoms with Gasteiger partial charge in [-0.3, -0.25) is 14.3 Å².